The van der Waals surface area contributed by atoms with Crippen molar-refractivity contribution in [3.05, 3.63) is 0 Å². The summed E-state index contributed by atoms with van der Waals surface area (Å²) in [7, 11) is 0. The smallest absolute Gasteiger partial charge is 0.0911 e. The molecule has 3 aliphatic carbocycles. The van der Waals surface area contributed by atoms with E-state index in [1.807, 2.05) is 6.92 Å². The van der Waals surface area contributed by atoms with E-state index in [9.17, 15) is 10.2 Å². The molecule has 98 valence electrons. The third-order valence-electron chi connectivity index (χ3n) is 6.90. The number of aliphatic hydroxyl groups is 2. The maximum atomic E-state index is 10.7. The number of rotatable bonds is 0. The van der Waals surface area contributed by atoms with Crippen LogP contribution < -0.4 is 0 Å². The number of hydrogen-bond donors (Lipinski definition) is 2. The van der Waals surface area contributed by atoms with E-state index in [-0.39, 0.29) is 11.3 Å². The summed E-state index contributed by atoms with van der Waals surface area (Å²) in [5, 5.41) is 21.0. The summed E-state index contributed by atoms with van der Waals surface area (Å²) in [5.41, 5.74) is -0.402. The van der Waals surface area contributed by atoms with Gasteiger partial charge in [-0.2, -0.15) is 0 Å². The molecule has 0 saturated heterocycles. The molecule has 3 fully saturated rings. The molecule has 2 nitrogen and oxygen atoms in total. The van der Waals surface area contributed by atoms with Gasteiger partial charge in [0, 0.05) is 0 Å². The maximum absolute atomic E-state index is 10.7. The highest BCUT2D eigenvalue weighted by Gasteiger charge is 2.70. The van der Waals surface area contributed by atoms with Gasteiger partial charge in [0.15, 0.2) is 0 Å². The number of aliphatic hydroxyl groups excluding tert-OH is 1. The molecule has 0 aromatic rings. The molecule has 0 heterocycles. The molecule has 1 unspecified atom stereocenters. The minimum atomic E-state index is -0.890. The van der Waals surface area contributed by atoms with Gasteiger partial charge in [-0.3, -0.25) is 0 Å². The van der Waals surface area contributed by atoms with Gasteiger partial charge in [-0.25, -0.2) is 0 Å². The fourth-order valence-electron chi connectivity index (χ4n) is 5.86. The van der Waals surface area contributed by atoms with Gasteiger partial charge in [0.25, 0.3) is 0 Å². The van der Waals surface area contributed by atoms with Gasteiger partial charge < -0.3 is 10.2 Å². The molecule has 17 heavy (non-hydrogen) atoms. The molecule has 3 aliphatic rings. The van der Waals surface area contributed by atoms with Gasteiger partial charge in [-0.05, 0) is 61.2 Å². The molecule has 3 rings (SSSR count). The van der Waals surface area contributed by atoms with Crippen molar-refractivity contribution < 1.29 is 10.2 Å². The van der Waals surface area contributed by atoms with E-state index in [1.54, 1.807) is 0 Å². The van der Waals surface area contributed by atoms with Gasteiger partial charge in [-0.1, -0.05) is 20.8 Å². The minimum absolute atomic E-state index is 0.172. The van der Waals surface area contributed by atoms with Crippen LogP contribution >= 0.6 is 0 Å². The summed E-state index contributed by atoms with van der Waals surface area (Å²) < 4.78 is 0. The van der Waals surface area contributed by atoms with Crippen molar-refractivity contribution in [1.29, 1.82) is 0 Å². The quantitative estimate of drug-likeness (QED) is 0.681. The molecular weight excluding hydrogens is 212 g/mol. The van der Waals surface area contributed by atoms with Crippen LogP contribution in [0, 0.1) is 28.6 Å². The summed E-state index contributed by atoms with van der Waals surface area (Å²) in [6.07, 6.45) is 3.98. The Balaban J connectivity index is 2.10. The Bertz CT molecular complexity index is 347. The summed E-state index contributed by atoms with van der Waals surface area (Å²) in [4.78, 5) is 0. The maximum Gasteiger partial charge on any atom is 0.0911 e. The van der Waals surface area contributed by atoms with Crippen LogP contribution in [-0.2, 0) is 0 Å². The van der Waals surface area contributed by atoms with Crippen LogP contribution in [0.5, 0.6) is 0 Å². The molecule has 1 spiro atoms. The van der Waals surface area contributed by atoms with E-state index in [1.165, 1.54) is 12.8 Å². The SMILES string of the molecule is C[C@@H]1CC[C@H]2C(C)(C)[C@H]3C[C@@]12CC(O)[C@]3(C)O. The summed E-state index contributed by atoms with van der Waals surface area (Å²) in [5.74, 6) is 1.66. The lowest BCUT2D eigenvalue weighted by Gasteiger charge is -2.47. The predicted molar refractivity (Wildman–Crippen MR) is 67.5 cm³/mol. The molecular formula is C15H26O2. The third kappa shape index (κ3) is 1.19. The highest BCUT2D eigenvalue weighted by atomic mass is 16.3. The van der Waals surface area contributed by atoms with Crippen LogP contribution in [0.15, 0.2) is 0 Å². The molecule has 0 aromatic carbocycles. The number of fused-ring (bicyclic) bond motifs is 1. The average Bonchev–Trinajstić information content (AvgIpc) is 2.61. The van der Waals surface area contributed by atoms with Crippen LogP contribution in [0.25, 0.3) is 0 Å². The first kappa shape index (κ1) is 12.0. The third-order valence-corrected chi connectivity index (χ3v) is 6.90. The van der Waals surface area contributed by atoms with Crippen LogP contribution in [0.3, 0.4) is 0 Å². The second-order valence-corrected chi connectivity index (χ2v) is 7.79. The minimum Gasteiger partial charge on any atom is -0.390 e. The van der Waals surface area contributed by atoms with E-state index >= 15 is 0 Å². The Hall–Kier alpha value is -0.0800. The normalized spacial score (nSPS) is 60.4. The highest BCUT2D eigenvalue weighted by molar-refractivity contribution is 5.19. The zero-order valence-corrected chi connectivity index (χ0v) is 11.5. The molecule has 0 radical (unpaired) electrons. The van der Waals surface area contributed by atoms with Gasteiger partial charge in [0.05, 0.1) is 11.7 Å². The largest absolute Gasteiger partial charge is 0.390 e. The standard InChI is InChI=1S/C15H26O2/c1-9-5-6-10-13(2,3)11-7-15(9,10)8-12(16)14(11,4)17/h9-12,16-17H,5-8H2,1-4H3/t9-,10+,11-,12?,14-,15-/m1/s1. The molecule has 0 amide bonds. The molecule has 2 N–H and O–H groups in total. The average molecular weight is 238 g/mol. The van der Waals surface area contributed by atoms with E-state index in [0.717, 1.165) is 12.8 Å². The fraction of sp³-hybridized carbons (Fsp3) is 1.00. The first-order valence-corrected chi connectivity index (χ1v) is 7.13. The highest BCUT2D eigenvalue weighted by Crippen LogP contribution is 2.73. The summed E-state index contributed by atoms with van der Waals surface area (Å²) in [6.45, 7) is 8.83. The topological polar surface area (TPSA) is 40.5 Å². The van der Waals surface area contributed by atoms with Gasteiger partial charge in [0.1, 0.15) is 0 Å². The lowest BCUT2D eigenvalue weighted by atomic mass is 9.63. The lowest BCUT2D eigenvalue weighted by Crippen LogP contribution is -2.53. The monoisotopic (exact) mass is 238 g/mol. The van der Waals surface area contributed by atoms with Crippen molar-refractivity contribution >= 4 is 0 Å². The van der Waals surface area contributed by atoms with E-state index in [0.29, 0.717) is 17.3 Å². The van der Waals surface area contributed by atoms with Crippen LogP contribution in [0.1, 0.15) is 53.4 Å². The van der Waals surface area contributed by atoms with Crippen molar-refractivity contribution in [2.45, 2.75) is 65.1 Å². The van der Waals surface area contributed by atoms with Crippen molar-refractivity contribution in [2.24, 2.45) is 28.6 Å². The van der Waals surface area contributed by atoms with Crippen molar-refractivity contribution in [2.75, 3.05) is 0 Å². The molecule has 0 aliphatic heterocycles. The molecule has 2 bridgehead atoms. The zero-order chi connectivity index (χ0) is 12.6. The molecule has 0 aromatic heterocycles. The lowest BCUT2D eigenvalue weighted by molar-refractivity contribution is -0.153. The van der Waals surface area contributed by atoms with Gasteiger partial charge in [-0.15, -0.1) is 0 Å². The predicted octanol–water partition coefficient (Wildman–Crippen LogP) is 2.58. The van der Waals surface area contributed by atoms with Crippen molar-refractivity contribution in [3.63, 3.8) is 0 Å². The fourth-order valence-corrected chi connectivity index (χ4v) is 5.86. The Morgan fingerprint density at radius 1 is 1.00 bits per heavy atom. The first-order chi connectivity index (χ1) is 7.73. The van der Waals surface area contributed by atoms with Crippen LogP contribution in [-0.4, -0.2) is 21.9 Å². The summed E-state index contributed by atoms with van der Waals surface area (Å²) in [6, 6.07) is 0. The molecule has 3 saturated carbocycles. The van der Waals surface area contributed by atoms with Gasteiger partial charge in [0.2, 0.25) is 0 Å². The summed E-state index contributed by atoms with van der Waals surface area (Å²) >= 11 is 0. The van der Waals surface area contributed by atoms with E-state index in [4.69, 9.17) is 0 Å². The Morgan fingerprint density at radius 2 is 1.65 bits per heavy atom. The van der Waals surface area contributed by atoms with E-state index < -0.39 is 11.7 Å². The Labute approximate surface area is 104 Å². The zero-order valence-electron chi connectivity index (χ0n) is 11.5. The van der Waals surface area contributed by atoms with Crippen molar-refractivity contribution in [1.82, 2.24) is 0 Å². The first-order valence-electron chi connectivity index (χ1n) is 7.13. The van der Waals surface area contributed by atoms with E-state index in [2.05, 4.69) is 20.8 Å². The van der Waals surface area contributed by atoms with Crippen LogP contribution in [0.2, 0.25) is 0 Å². The molecule has 6 atom stereocenters. The van der Waals surface area contributed by atoms with Gasteiger partial charge >= 0.3 is 0 Å². The number of hydrogen-bond acceptors (Lipinski definition) is 2. The molecule has 2 heteroatoms. The van der Waals surface area contributed by atoms with Crippen molar-refractivity contribution in [3.8, 4) is 0 Å². The second-order valence-electron chi connectivity index (χ2n) is 7.79. The Morgan fingerprint density at radius 3 is 2.29 bits per heavy atom. The Kier molecular flexibility index (Phi) is 2.17. The van der Waals surface area contributed by atoms with Crippen LogP contribution in [0.4, 0.5) is 0 Å². The second kappa shape index (κ2) is 3.08.